The number of alkyl halides is 3. The van der Waals surface area contributed by atoms with E-state index in [9.17, 15) is 28.1 Å². The van der Waals surface area contributed by atoms with Crippen LogP contribution >= 0.6 is 0 Å². The van der Waals surface area contributed by atoms with Gasteiger partial charge in [0.05, 0.1) is 23.6 Å². The molecule has 1 unspecified atom stereocenters. The molecule has 0 aliphatic rings. The first-order chi connectivity index (χ1) is 12.1. The Morgan fingerprint density at radius 3 is 2.50 bits per heavy atom. The average molecular weight is 368 g/mol. The maximum atomic E-state index is 12.8. The molecule has 0 spiro atoms. The van der Waals surface area contributed by atoms with E-state index in [0.29, 0.717) is 0 Å². The molecule has 0 aliphatic heterocycles. The summed E-state index contributed by atoms with van der Waals surface area (Å²) in [4.78, 5) is 22.6. The summed E-state index contributed by atoms with van der Waals surface area (Å²) in [5, 5.41) is 13.5. The summed E-state index contributed by atoms with van der Waals surface area (Å²) in [5.41, 5.74) is -0.949. The molecule has 0 aliphatic carbocycles. The molecule has 0 saturated carbocycles. The van der Waals surface area contributed by atoms with Crippen molar-refractivity contribution in [3.63, 3.8) is 0 Å². The first-order valence-corrected chi connectivity index (χ1v) is 7.44. The molecular formula is C17H15F3N2O4. The van der Waals surface area contributed by atoms with Crippen molar-refractivity contribution in [2.24, 2.45) is 0 Å². The lowest BCUT2D eigenvalue weighted by Crippen LogP contribution is -2.27. The topological polar surface area (TPSA) is 81.5 Å². The maximum absolute atomic E-state index is 12.8. The largest absolute Gasteiger partial charge is 0.490 e. The number of hydrogen-bond donors (Lipinski definition) is 1. The molecular weight excluding hydrogens is 353 g/mol. The van der Waals surface area contributed by atoms with Crippen molar-refractivity contribution in [3.8, 4) is 5.75 Å². The number of benzene rings is 2. The Hall–Kier alpha value is -3.10. The number of ether oxygens (including phenoxy) is 1. The molecule has 9 heteroatoms. The van der Waals surface area contributed by atoms with E-state index in [2.05, 4.69) is 5.32 Å². The van der Waals surface area contributed by atoms with Crippen LogP contribution in [0.2, 0.25) is 0 Å². The lowest BCUT2D eigenvalue weighted by molar-refractivity contribution is -0.385. The number of hydrogen-bond acceptors (Lipinski definition) is 4. The minimum Gasteiger partial charge on any atom is -0.490 e. The fourth-order valence-electron chi connectivity index (χ4n) is 2.32. The van der Waals surface area contributed by atoms with E-state index in [1.807, 2.05) is 0 Å². The highest BCUT2D eigenvalue weighted by Gasteiger charge is 2.30. The Morgan fingerprint density at radius 1 is 1.23 bits per heavy atom. The monoisotopic (exact) mass is 368 g/mol. The minimum atomic E-state index is -4.49. The first kappa shape index (κ1) is 19.2. The summed E-state index contributed by atoms with van der Waals surface area (Å²) < 4.78 is 43.2. The predicted molar refractivity (Wildman–Crippen MR) is 87.0 cm³/mol. The molecule has 26 heavy (non-hydrogen) atoms. The van der Waals surface area contributed by atoms with Crippen LogP contribution in [0.25, 0.3) is 0 Å². The predicted octanol–water partition coefficient (Wildman–Crippen LogP) is 4.11. The van der Waals surface area contributed by atoms with Crippen molar-refractivity contribution in [2.75, 3.05) is 7.11 Å². The van der Waals surface area contributed by atoms with Crippen molar-refractivity contribution in [3.05, 3.63) is 69.3 Å². The quantitative estimate of drug-likeness (QED) is 0.636. The van der Waals surface area contributed by atoms with Crippen LogP contribution in [0.3, 0.4) is 0 Å². The highest BCUT2D eigenvalue weighted by atomic mass is 19.4. The van der Waals surface area contributed by atoms with Crippen LogP contribution in [0.4, 0.5) is 18.9 Å². The SMILES string of the molecule is COc1ccc(C(=O)NC(C)c2cccc(C(F)(F)F)c2)cc1[N+](=O)[O-]. The van der Waals surface area contributed by atoms with Crippen molar-refractivity contribution < 1.29 is 27.6 Å². The molecule has 2 aromatic rings. The molecule has 2 aromatic carbocycles. The number of nitro benzene ring substituents is 1. The smallest absolute Gasteiger partial charge is 0.416 e. The van der Waals surface area contributed by atoms with E-state index in [-0.39, 0.29) is 22.6 Å². The summed E-state index contributed by atoms with van der Waals surface area (Å²) in [6, 6.07) is 7.52. The lowest BCUT2D eigenvalue weighted by Gasteiger charge is -2.16. The number of amides is 1. The summed E-state index contributed by atoms with van der Waals surface area (Å²) in [7, 11) is 1.26. The number of nitro groups is 1. The van der Waals surface area contributed by atoms with Crippen LogP contribution in [0, 0.1) is 10.1 Å². The van der Waals surface area contributed by atoms with Gasteiger partial charge in [0.15, 0.2) is 5.75 Å². The van der Waals surface area contributed by atoms with Gasteiger partial charge in [0, 0.05) is 11.6 Å². The van der Waals surface area contributed by atoms with Crippen LogP contribution < -0.4 is 10.1 Å². The van der Waals surface area contributed by atoms with Gasteiger partial charge in [-0.3, -0.25) is 14.9 Å². The highest BCUT2D eigenvalue weighted by molar-refractivity contribution is 5.95. The van der Waals surface area contributed by atoms with E-state index in [4.69, 9.17) is 4.74 Å². The molecule has 1 atom stereocenters. The normalized spacial score (nSPS) is 12.3. The third-order valence-electron chi connectivity index (χ3n) is 3.70. The van der Waals surface area contributed by atoms with Gasteiger partial charge in [-0.1, -0.05) is 12.1 Å². The van der Waals surface area contributed by atoms with Crippen molar-refractivity contribution in [2.45, 2.75) is 19.1 Å². The van der Waals surface area contributed by atoms with Gasteiger partial charge in [0.2, 0.25) is 0 Å². The van der Waals surface area contributed by atoms with Gasteiger partial charge in [-0.2, -0.15) is 13.2 Å². The second-order valence-electron chi connectivity index (χ2n) is 5.46. The summed E-state index contributed by atoms with van der Waals surface area (Å²) >= 11 is 0. The number of carbonyl (C=O) groups is 1. The van der Waals surface area contributed by atoms with E-state index < -0.39 is 28.6 Å². The third-order valence-corrected chi connectivity index (χ3v) is 3.70. The number of nitrogens with one attached hydrogen (secondary N) is 1. The molecule has 0 fully saturated rings. The van der Waals surface area contributed by atoms with Gasteiger partial charge >= 0.3 is 11.9 Å². The van der Waals surface area contributed by atoms with Gasteiger partial charge in [0.25, 0.3) is 5.91 Å². The van der Waals surface area contributed by atoms with Gasteiger partial charge in [-0.25, -0.2) is 0 Å². The van der Waals surface area contributed by atoms with Crippen molar-refractivity contribution >= 4 is 11.6 Å². The zero-order valence-electron chi connectivity index (χ0n) is 13.8. The third kappa shape index (κ3) is 4.29. The molecule has 0 heterocycles. The van der Waals surface area contributed by atoms with Gasteiger partial charge in [0.1, 0.15) is 0 Å². The summed E-state index contributed by atoms with van der Waals surface area (Å²) in [6.45, 7) is 1.52. The Morgan fingerprint density at radius 2 is 1.92 bits per heavy atom. The van der Waals surface area contributed by atoms with Gasteiger partial charge < -0.3 is 10.1 Å². The van der Waals surface area contributed by atoms with Gasteiger partial charge in [-0.05, 0) is 36.8 Å². The van der Waals surface area contributed by atoms with E-state index in [1.54, 1.807) is 0 Å². The number of halogens is 3. The van der Waals surface area contributed by atoms with Crippen LogP contribution in [0.1, 0.15) is 34.5 Å². The standard InChI is InChI=1S/C17H15F3N2O4/c1-10(11-4-3-5-13(8-11)17(18,19)20)21-16(23)12-6-7-15(26-2)14(9-12)22(24)25/h3-10H,1-2H3,(H,21,23). The van der Waals surface area contributed by atoms with Crippen LogP contribution in [-0.4, -0.2) is 17.9 Å². The molecule has 1 amide bonds. The van der Waals surface area contributed by atoms with Crippen molar-refractivity contribution in [1.29, 1.82) is 0 Å². The molecule has 2 rings (SSSR count). The Balaban J connectivity index is 2.22. The Bertz CT molecular complexity index is 837. The fraction of sp³-hybridized carbons (Fsp3) is 0.235. The Labute approximate surface area is 146 Å². The first-order valence-electron chi connectivity index (χ1n) is 7.44. The van der Waals surface area contributed by atoms with Gasteiger partial charge in [-0.15, -0.1) is 0 Å². The average Bonchev–Trinajstić information content (AvgIpc) is 2.60. The Kier molecular flexibility index (Phi) is 5.49. The van der Waals surface area contributed by atoms with Crippen LogP contribution in [-0.2, 0) is 6.18 Å². The second kappa shape index (κ2) is 7.42. The van der Waals surface area contributed by atoms with Crippen molar-refractivity contribution in [1.82, 2.24) is 5.32 Å². The molecule has 0 aromatic heterocycles. The van der Waals surface area contributed by atoms with E-state index >= 15 is 0 Å². The molecule has 0 radical (unpaired) electrons. The van der Waals surface area contributed by atoms with E-state index in [0.717, 1.165) is 18.2 Å². The van der Waals surface area contributed by atoms with Crippen LogP contribution in [0.15, 0.2) is 42.5 Å². The molecule has 138 valence electrons. The fourth-order valence-corrected chi connectivity index (χ4v) is 2.32. The molecule has 0 bridgehead atoms. The number of carbonyl (C=O) groups excluding carboxylic acids is 1. The summed E-state index contributed by atoms with van der Waals surface area (Å²) in [5.74, 6) is -0.654. The maximum Gasteiger partial charge on any atom is 0.416 e. The number of methoxy groups -OCH3 is 1. The van der Waals surface area contributed by atoms with Crippen LogP contribution in [0.5, 0.6) is 5.75 Å². The molecule has 0 saturated heterocycles. The number of nitrogens with zero attached hydrogens (tertiary/aromatic N) is 1. The lowest BCUT2D eigenvalue weighted by atomic mass is 10.0. The van der Waals surface area contributed by atoms with E-state index in [1.165, 1.54) is 38.3 Å². The molecule has 6 nitrogen and oxygen atoms in total. The molecule has 1 N–H and O–H groups in total. The second-order valence-corrected chi connectivity index (χ2v) is 5.46. The highest BCUT2D eigenvalue weighted by Crippen LogP contribution is 2.31. The minimum absolute atomic E-state index is 0.00234. The zero-order chi connectivity index (χ0) is 19.5. The zero-order valence-corrected chi connectivity index (χ0v) is 13.8. The summed E-state index contributed by atoms with van der Waals surface area (Å²) in [6.07, 6.45) is -4.49. The number of rotatable bonds is 5.